The maximum Gasteiger partial charge on any atom is 0.236 e. The molecule has 0 atom stereocenters. The van der Waals surface area contributed by atoms with E-state index in [9.17, 15) is 9.59 Å². The molecule has 1 aliphatic heterocycles. The van der Waals surface area contributed by atoms with Gasteiger partial charge >= 0.3 is 0 Å². The average molecular weight is 419 g/mol. The molecule has 1 N–H and O–H groups in total. The van der Waals surface area contributed by atoms with E-state index < -0.39 is 0 Å². The van der Waals surface area contributed by atoms with Gasteiger partial charge in [0.25, 0.3) is 0 Å². The van der Waals surface area contributed by atoms with Gasteiger partial charge in [-0.2, -0.15) is 0 Å². The Labute approximate surface area is 186 Å². The van der Waals surface area contributed by atoms with Crippen molar-refractivity contribution < 1.29 is 9.59 Å². The molecule has 4 nitrogen and oxygen atoms in total. The minimum absolute atomic E-state index is 0.00437. The number of benzene rings is 2. The first-order valence-electron chi connectivity index (χ1n) is 11.2. The Bertz CT molecular complexity index is 1000. The molecule has 0 saturated heterocycles. The highest BCUT2D eigenvalue weighted by Crippen LogP contribution is 2.43. The zero-order valence-electron chi connectivity index (χ0n) is 19.5. The van der Waals surface area contributed by atoms with Gasteiger partial charge in [-0.15, -0.1) is 0 Å². The smallest absolute Gasteiger partial charge is 0.236 e. The lowest BCUT2D eigenvalue weighted by Gasteiger charge is -2.33. The second-order valence-corrected chi connectivity index (χ2v) is 9.19. The summed E-state index contributed by atoms with van der Waals surface area (Å²) in [5.74, 6) is 0.198. The van der Waals surface area contributed by atoms with E-state index >= 15 is 0 Å². The number of allylic oxidation sites excluding steroid dienone is 2. The lowest BCUT2D eigenvalue weighted by Crippen LogP contribution is -2.38. The molecule has 4 heteroatoms. The number of nitrogens with zero attached hydrogens (tertiary/aromatic N) is 1. The Morgan fingerprint density at radius 1 is 0.839 bits per heavy atom. The van der Waals surface area contributed by atoms with Crippen molar-refractivity contribution >= 4 is 28.6 Å². The first-order chi connectivity index (χ1) is 14.7. The Balaban J connectivity index is 2.22. The van der Waals surface area contributed by atoms with Crippen LogP contribution in [0.4, 0.5) is 5.69 Å². The van der Waals surface area contributed by atoms with Crippen LogP contribution < -0.4 is 10.2 Å². The molecule has 2 amide bonds. The van der Waals surface area contributed by atoms with Crippen LogP contribution in [0, 0.1) is 11.8 Å². The van der Waals surface area contributed by atoms with E-state index in [1.54, 1.807) is 4.90 Å². The molecule has 2 aromatic rings. The summed E-state index contributed by atoms with van der Waals surface area (Å²) < 4.78 is 0. The molecule has 31 heavy (non-hydrogen) atoms. The molecular weight excluding hydrogens is 384 g/mol. The summed E-state index contributed by atoms with van der Waals surface area (Å²) in [6.07, 6.45) is -0.160. The van der Waals surface area contributed by atoms with Gasteiger partial charge in [-0.25, -0.2) is 0 Å². The lowest BCUT2D eigenvalue weighted by molar-refractivity contribution is -0.128. The van der Waals surface area contributed by atoms with E-state index in [4.69, 9.17) is 0 Å². The number of rotatable bonds is 5. The number of fused-ring (bicyclic) bond motifs is 2. The Morgan fingerprint density at radius 2 is 1.39 bits per heavy atom. The molecule has 0 radical (unpaired) electrons. The molecule has 0 saturated carbocycles. The van der Waals surface area contributed by atoms with Gasteiger partial charge in [0.05, 0.1) is 12.2 Å². The van der Waals surface area contributed by atoms with Gasteiger partial charge in [-0.3, -0.25) is 9.59 Å². The number of anilines is 1. The molecule has 0 fully saturated rings. The van der Waals surface area contributed by atoms with Crippen LogP contribution >= 0.6 is 0 Å². The molecule has 1 heterocycles. The van der Waals surface area contributed by atoms with Gasteiger partial charge in [-0.1, -0.05) is 70.2 Å². The Kier molecular flexibility index (Phi) is 6.99. The summed E-state index contributed by atoms with van der Waals surface area (Å²) in [6.45, 7) is 13.1. The number of hydrogen-bond donors (Lipinski definition) is 1. The van der Waals surface area contributed by atoms with Crippen molar-refractivity contribution in [2.24, 2.45) is 11.8 Å². The van der Waals surface area contributed by atoms with Gasteiger partial charge in [0.1, 0.15) is 6.42 Å². The number of carbonyl (C=O) groups is 2. The van der Waals surface area contributed by atoms with Crippen LogP contribution in [0.2, 0.25) is 0 Å². The van der Waals surface area contributed by atoms with Crippen molar-refractivity contribution in [3.63, 3.8) is 0 Å². The van der Waals surface area contributed by atoms with Crippen LogP contribution in [-0.4, -0.2) is 17.9 Å². The summed E-state index contributed by atoms with van der Waals surface area (Å²) in [7, 11) is 0. The van der Waals surface area contributed by atoms with Gasteiger partial charge < -0.3 is 10.2 Å². The maximum atomic E-state index is 13.4. The van der Waals surface area contributed by atoms with Gasteiger partial charge in [0, 0.05) is 11.6 Å². The molecule has 0 aliphatic carbocycles. The first kappa shape index (κ1) is 22.8. The molecule has 0 bridgehead atoms. The van der Waals surface area contributed by atoms with E-state index in [0.717, 1.165) is 16.8 Å². The third kappa shape index (κ3) is 4.90. The predicted molar refractivity (Wildman–Crippen MR) is 128 cm³/mol. The van der Waals surface area contributed by atoms with Gasteiger partial charge in [0.15, 0.2) is 0 Å². The van der Waals surface area contributed by atoms with E-state index in [1.165, 1.54) is 16.7 Å². The molecular formula is C27H34N2O2. The van der Waals surface area contributed by atoms with Crippen molar-refractivity contribution in [2.45, 2.75) is 60.5 Å². The topological polar surface area (TPSA) is 49.4 Å². The number of carbonyl (C=O) groups excluding carboxylic acids is 2. The molecule has 164 valence electrons. The fourth-order valence-corrected chi connectivity index (χ4v) is 4.48. The average Bonchev–Trinajstić information content (AvgIpc) is 2.68. The highest BCUT2D eigenvalue weighted by molar-refractivity contribution is 6.08. The molecule has 1 aliphatic rings. The van der Waals surface area contributed by atoms with Crippen LogP contribution in [-0.2, 0) is 16.1 Å². The monoisotopic (exact) mass is 418 g/mol. The second kappa shape index (κ2) is 9.51. The summed E-state index contributed by atoms with van der Waals surface area (Å²) in [5.41, 5.74) is 6.86. The van der Waals surface area contributed by atoms with Gasteiger partial charge in [0.2, 0.25) is 11.8 Å². The zero-order valence-corrected chi connectivity index (χ0v) is 19.5. The van der Waals surface area contributed by atoms with Crippen LogP contribution in [0.5, 0.6) is 0 Å². The molecule has 2 aromatic carbocycles. The standard InChI is InChI=1S/C27H34N2O2/c1-17(2)26-21-12-8-7-11-20(21)16-29(25(31)15-24(30)28-19(5)6)23-14-10-9-13-22(23)27(26)18(3)4/h7-14,17-19H,15-16H2,1-6H3,(H,28,30)/b27-26-. The predicted octanol–water partition coefficient (Wildman–Crippen LogP) is 5.67. The third-order valence-electron chi connectivity index (χ3n) is 5.63. The lowest BCUT2D eigenvalue weighted by atomic mass is 9.79. The van der Waals surface area contributed by atoms with Crippen molar-refractivity contribution in [1.29, 1.82) is 0 Å². The van der Waals surface area contributed by atoms with Crippen LogP contribution in [0.1, 0.15) is 64.7 Å². The highest BCUT2D eigenvalue weighted by Gasteiger charge is 2.29. The number of hydrogen-bond acceptors (Lipinski definition) is 2. The minimum Gasteiger partial charge on any atom is -0.353 e. The minimum atomic E-state index is -0.240. The van der Waals surface area contributed by atoms with E-state index in [-0.39, 0.29) is 30.2 Å². The zero-order chi connectivity index (χ0) is 22.7. The number of para-hydroxylation sites is 1. The molecule has 0 spiro atoms. The fourth-order valence-electron chi connectivity index (χ4n) is 4.48. The SMILES string of the molecule is CC(C)NC(=O)CC(=O)N1Cc2ccccc2/C(C(C)C)=C(/C(C)C)c2ccccc21. The van der Waals surface area contributed by atoms with Crippen LogP contribution in [0.25, 0.3) is 11.1 Å². The first-order valence-corrected chi connectivity index (χ1v) is 11.2. The van der Waals surface area contributed by atoms with Crippen molar-refractivity contribution in [3.05, 3.63) is 65.2 Å². The second-order valence-electron chi connectivity index (χ2n) is 9.19. The van der Waals surface area contributed by atoms with Crippen molar-refractivity contribution in [2.75, 3.05) is 4.90 Å². The summed E-state index contributed by atoms with van der Waals surface area (Å²) >= 11 is 0. The molecule has 3 rings (SSSR count). The van der Waals surface area contributed by atoms with E-state index in [2.05, 4.69) is 57.3 Å². The van der Waals surface area contributed by atoms with Crippen molar-refractivity contribution in [1.82, 2.24) is 5.32 Å². The normalized spacial score (nSPS) is 16.1. The quantitative estimate of drug-likeness (QED) is 0.636. The van der Waals surface area contributed by atoms with Crippen LogP contribution in [0.15, 0.2) is 48.5 Å². The van der Waals surface area contributed by atoms with E-state index in [1.807, 2.05) is 38.1 Å². The number of amides is 2. The molecule has 0 unspecified atom stereocenters. The van der Waals surface area contributed by atoms with Crippen LogP contribution in [0.3, 0.4) is 0 Å². The molecule has 0 aromatic heterocycles. The maximum absolute atomic E-state index is 13.4. The number of nitrogens with one attached hydrogen (secondary N) is 1. The van der Waals surface area contributed by atoms with Gasteiger partial charge in [-0.05, 0) is 54.0 Å². The summed E-state index contributed by atoms with van der Waals surface area (Å²) in [5, 5.41) is 2.84. The fraction of sp³-hybridized carbons (Fsp3) is 0.407. The summed E-state index contributed by atoms with van der Waals surface area (Å²) in [6, 6.07) is 16.5. The Morgan fingerprint density at radius 3 is 2.00 bits per heavy atom. The summed E-state index contributed by atoms with van der Waals surface area (Å²) in [4.78, 5) is 27.5. The van der Waals surface area contributed by atoms with Crippen molar-refractivity contribution in [3.8, 4) is 0 Å². The highest BCUT2D eigenvalue weighted by atomic mass is 16.2. The Hall–Kier alpha value is -2.88. The van der Waals surface area contributed by atoms with E-state index in [0.29, 0.717) is 12.5 Å². The third-order valence-corrected chi connectivity index (χ3v) is 5.63. The largest absolute Gasteiger partial charge is 0.353 e.